The Morgan fingerprint density at radius 1 is 1.00 bits per heavy atom. The molecule has 0 radical (unpaired) electrons. The van der Waals surface area contributed by atoms with Crippen LogP contribution in [0.5, 0.6) is 0 Å². The molecule has 7 heteroatoms. The van der Waals surface area contributed by atoms with Crippen molar-refractivity contribution >= 4 is 15.7 Å². The van der Waals surface area contributed by atoms with Gasteiger partial charge in [-0.15, -0.1) is 0 Å². The van der Waals surface area contributed by atoms with E-state index in [1.165, 1.54) is 6.20 Å². The second kappa shape index (κ2) is 7.56. The van der Waals surface area contributed by atoms with Crippen molar-refractivity contribution in [2.45, 2.75) is 24.0 Å². The Labute approximate surface area is 158 Å². The van der Waals surface area contributed by atoms with Gasteiger partial charge < -0.3 is 5.73 Å². The highest BCUT2D eigenvalue weighted by molar-refractivity contribution is 7.92. The van der Waals surface area contributed by atoms with Gasteiger partial charge in [0.2, 0.25) is 0 Å². The Kier molecular flexibility index (Phi) is 5.19. The zero-order valence-corrected chi connectivity index (χ0v) is 15.7. The smallest absolute Gasteiger partial charge is 0.180 e. The highest BCUT2D eigenvalue weighted by atomic mass is 32.2. The first kappa shape index (κ1) is 18.5. The summed E-state index contributed by atoms with van der Waals surface area (Å²) < 4.78 is 24.5. The van der Waals surface area contributed by atoms with E-state index in [9.17, 15) is 8.42 Å². The highest BCUT2D eigenvalue weighted by Gasteiger charge is 2.19. The summed E-state index contributed by atoms with van der Waals surface area (Å²) in [7, 11) is -3.32. The van der Waals surface area contributed by atoms with Gasteiger partial charge in [0.05, 0.1) is 22.0 Å². The molecule has 1 aromatic carbocycles. The molecule has 0 spiro atoms. The van der Waals surface area contributed by atoms with Crippen molar-refractivity contribution in [1.82, 2.24) is 15.0 Å². The summed E-state index contributed by atoms with van der Waals surface area (Å²) in [6.07, 6.45) is 3.19. The number of rotatable bonds is 3. The van der Waals surface area contributed by atoms with Gasteiger partial charge in [-0.2, -0.15) is 0 Å². The van der Waals surface area contributed by atoms with Crippen LogP contribution in [0.4, 0.5) is 5.82 Å². The van der Waals surface area contributed by atoms with E-state index >= 15 is 0 Å². The number of hydrogen-bond acceptors (Lipinski definition) is 6. The predicted octanol–water partition coefficient (Wildman–Crippen LogP) is 2.70. The third-order valence-corrected chi connectivity index (χ3v) is 6.04. The molecule has 0 aliphatic heterocycles. The molecule has 0 atom stereocenters. The number of benzene rings is 1. The molecule has 0 unspecified atom stereocenters. The van der Waals surface area contributed by atoms with Crippen LogP contribution < -0.4 is 5.73 Å². The average Bonchev–Trinajstić information content (AvgIpc) is 2.68. The summed E-state index contributed by atoms with van der Waals surface area (Å²) in [4.78, 5) is 13.0. The number of sulfone groups is 1. The standard InChI is InChI=1S/C20H18N4O2S/c1-14(2)27(25,26)17-9-6-15(7-10-17)19-13-23-20(21)18(24-19)11-8-16-5-3-4-12-22-16/h3-7,9-10,12-14H,1-2H3,(H2,21,23). The fourth-order valence-corrected chi connectivity index (χ4v) is 3.34. The van der Waals surface area contributed by atoms with E-state index in [1.807, 2.05) is 12.1 Å². The maximum Gasteiger partial charge on any atom is 0.180 e. The quantitative estimate of drug-likeness (QED) is 0.704. The molecule has 3 rings (SSSR count). The van der Waals surface area contributed by atoms with E-state index < -0.39 is 15.1 Å². The molecule has 6 nitrogen and oxygen atoms in total. The van der Waals surface area contributed by atoms with Crippen LogP contribution in [0.3, 0.4) is 0 Å². The predicted molar refractivity (Wildman–Crippen MR) is 104 cm³/mol. The van der Waals surface area contributed by atoms with Gasteiger partial charge >= 0.3 is 0 Å². The molecular formula is C20H18N4O2S. The number of nitrogens with two attached hydrogens (primary N) is 1. The van der Waals surface area contributed by atoms with Gasteiger partial charge in [-0.1, -0.05) is 18.2 Å². The monoisotopic (exact) mass is 378 g/mol. The molecule has 2 N–H and O–H groups in total. The molecule has 136 valence electrons. The van der Waals surface area contributed by atoms with E-state index in [1.54, 1.807) is 50.4 Å². The minimum Gasteiger partial charge on any atom is -0.381 e. The molecule has 0 bridgehead atoms. The molecule has 0 amide bonds. The van der Waals surface area contributed by atoms with Crippen LogP contribution in [0.15, 0.2) is 59.8 Å². The Hall–Kier alpha value is -3.24. The van der Waals surface area contributed by atoms with E-state index in [-0.39, 0.29) is 10.7 Å². The van der Waals surface area contributed by atoms with Crippen LogP contribution in [-0.4, -0.2) is 28.6 Å². The number of nitrogen functional groups attached to an aromatic ring is 1. The number of pyridine rings is 1. The highest BCUT2D eigenvalue weighted by Crippen LogP contribution is 2.22. The lowest BCUT2D eigenvalue weighted by Crippen LogP contribution is -2.13. The van der Waals surface area contributed by atoms with Crippen molar-refractivity contribution in [2.75, 3.05) is 5.73 Å². The third kappa shape index (κ3) is 4.13. The van der Waals surface area contributed by atoms with Gasteiger partial charge in [0.15, 0.2) is 21.3 Å². The molecule has 0 aliphatic carbocycles. The van der Waals surface area contributed by atoms with Gasteiger partial charge in [-0.3, -0.25) is 0 Å². The summed E-state index contributed by atoms with van der Waals surface area (Å²) in [6, 6.07) is 12.0. The Bertz CT molecular complexity index is 1110. The molecule has 2 heterocycles. The summed E-state index contributed by atoms with van der Waals surface area (Å²) in [6.45, 7) is 3.31. The van der Waals surface area contributed by atoms with Gasteiger partial charge in [0, 0.05) is 11.8 Å². The van der Waals surface area contributed by atoms with Crippen molar-refractivity contribution in [3.8, 4) is 23.1 Å². The van der Waals surface area contributed by atoms with Gasteiger partial charge in [-0.25, -0.2) is 23.4 Å². The first-order valence-corrected chi connectivity index (χ1v) is 9.82. The zero-order chi connectivity index (χ0) is 19.4. The molecule has 27 heavy (non-hydrogen) atoms. The fourth-order valence-electron chi connectivity index (χ4n) is 2.28. The van der Waals surface area contributed by atoms with Crippen LogP contribution >= 0.6 is 0 Å². The maximum atomic E-state index is 12.2. The topological polar surface area (TPSA) is 98.8 Å². The van der Waals surface area contributed by atoms with Crippen LogP contribution in [0.2, 0.25) is 0 Å². The molecule has 3 aromatic rings. The van der Waals surface area contributed by atoms with E-state index in [2.05, 4.69) is 26.8 Å². The van der Waals surface area contributed by atoms with Crippen LogP contribution in [0.25, 0.3) is 11.3 Å². The second-order valence-electron chi connectivity index (χ2n) is 6.07. The third-order valence-electron chi connectivity index (χ3n) is 3.87. The number of hydrogen-bond donors (Lipinski definition) is 1. The number of anilines is 1. The molecular weight excluding hydrogens is 360 g/mol. The zero-order valence-electron chi connectivity index (χ0n) is 14.9. The van der Waals surface area contributed by atoms with Crippen LogP contribution in [0, 0.1) is 11.8 Å². The fraction of sp³-hybridized carbons (Fsp3) is 0.150. The van der Waals surface area contributed by atoms with Crippen LogP contribution in [-0.2, 0) is 9.84 Å². The maximum absolute atomic E-state index is 12.2. The summed E-state index contributed by atoms with van der Waals surface area (Å²) in [5.41, 5.74) is 8.11. The molecule has 0 aliphatic rings. The minimum atomic E-state index is -3.32. The van der Waals surface area contributed by atoms with Crippen molar-refractivity contribution in [3.05, 3.63) is 66.2 Å². The normalized spacial score (nSPS) is 11.1. The summed E-state index contributed by atoms with van der Waals surface area (Å²) in [5, 5.41) is -0.479. The largest absolute Gasteiger partial charge is 0.381 e. The Balaban J connectivity index is 1.94. The first-order chi connectivity index (χ1) is 12.9. The molecule has 0 saturated carbocycles. The average molecular weight is 378 g/mol. The Morgan fingerprint density at radius 2 is 1.74 bits per heavy atom. The molecule has 0 fully saturated rings. The van der Waals surface area contributed by atoms with Crippen molar-refractivity contribution < 1.29 is 8.42 Å². The molecule has 0 saturated heterocycles. The van der Waals surface area contributed by atoms with Gasteiger partial charge in [0.1, 0.15) is 5.69 Å². The SMILES string of the molecule is CC(C)S(=O)(=O)c1ccc(-c2cnc(N)c(C#Cc3ccccn3)n2)cc1. The van der Waals surface area contributed by atoms with E-state index in [4.69, 9.17) is 5.73 Å². The van der Waals surface area contributed by atoms with Crippen molar-refractivity contribution in [3.63, 3.8) is 0 Å². The van der Waals surface area contributed by atoms with Gasteiger partial charge in [0.25, 0.3) is 0 Å². The van der Waals surface area contributed by atoms with E-state index in [0.29, 0.717) is 17.1 Å². The first-order valence-electron chi connectivity index (χ1n) is 8.28. The van der Waals surface area contributed by atoms with Crippen molar-refractivity contribution in [1.29, 1.82) is 0 Å². The summed E-state index contributed by atoms with van der Waals surface area (Å²) in [5.74, 6) is 6.01. The van der Waals surface area contributed by atoms with E-state index in [0.717, 1.165) is 5.56 Å². The molecule has 2 aromatic heterocycles. The number of nitrogens with zero attached hydrogens (tertiary/aromatic N) is 3. The lowest BCUT2D eigenvalue weighted by molar-refractivity contribution is 0.587. The summed E-state index contributed by atoms with van der Waals surface area (Å²) >= 11 is 0. The Morgan fingerprint density at radius 3 is 2.37 bits per heavy atom. The number of aromatic nitrogens is 3. The lowest BCUT2D eigenvalue weighted by atomic mass is 10.1. The van der Waals surface area contributed by atoms with Crippen molar-refractivity contribution in [2.24, 2.45) is 0 Å². The second-order valence-corrected chi connectivity index (χ2v) is 8.58. The van der Waals surface area contributed by atoms with Gasteiger partial charge in [-0.05, 0) is 50.0 Å². The van der Waals surface area contributed by atoms with Crippen LogP contribution in [0.1, 0.15) is 25.2 Å². The minimum absolute atomic E-state index is 0.223. The lowest BCUT2D eigenvalue weighted by Gasteiger charge is -2.08.